The Morgan fingerprint density at radius 2 is 1.86 bits per heavy atom. The SMILES string of the molecule is CN(CCO)CCCCOc1ccc2c(c1)S(=O)(=O)N=C2c1ccc(Cl)cc1. The Balaban J connectivity index is 1.66. The van der Waals surface area contributed by atoms with Crippen LogP contribution in [-0.4, -0.2) is 57.5 Å². The van der Waals surface area contributed by atoms with Gasteiger partial charge in [0.05, 0.1) is 18.9 Å². The van der Waals surface area contributed by atoms with E-state index in [0.717, 1.165) is 19.4 Å². The Bertz CT molecular complexity index is 959. The van der Waals surface area contributed by atoms with Crippen molar-refractivity contribution in [3.05, 3.63) is 58.6 Å². The summed E-state index contributed by atoms with van der Waals surface area (Å²) in [5.74, 6) is 0.513. The predicted octanol–water partition coefficient (Wildman–Crippen LogP) is 2.96. The van der Waals surface area contributed by atoms with Crippen molar-refractivity contribution in [1.29, 1.82) is 0 Å². The van der Waals surface area contributed by atoms with E-state index in [1.54, 1.807) is 36.4 Å². The number of fused-ring (bicyclic) bond motifs is 1. The zero-order valence-electron chi connectivity index (χ0n) is 15.6. The van der Waals surface area contributed by atoms with E-state index in [0.29, 0.717) is 40.8 Å². The van der Waals surface area contributed by atoms with E-state index in [9.17, 15) is 8.42 Å². The number of aliphatic hydroxyl groups is 1. The summed E-state index contributed by atoms with van der Waals surface area (Å²) in [6, 6.07) is 12.0. The molecule has 1 aliphatic rings. The molecule has 0 radical (unpaired) electrons. The van der Waals surface area contributed by atoms with Gasteiger partial charge in [0.15, 0.2) is 0 Å². The number of likely N-dealkylation sites (N-methyl/N-ethyl adjacent to an activating group) is 1. The molecule has 0 aliphatic carbocycles. The summed E-state index contributed by atoms with van der Waals surface area (Å²) in [7, 11) is -1.78. The molecule has 2 aromatic rings. The van der Waals surface area contributed by atoms with E-state index in [4.69, 9.17) is 21.4 Å². The fraction of sp³-hybridized carbons (Fsp3) is 0.350. The van der Waals surface area contributed by atoms with Gasteiger partial charge >= 0.3 is 0 Å². The summed E-state index contributed by atoms with van der Waals surface area (Å²) in [6.45, 7) is 2.17. The number of nitrogens with zero attached hydrogens (tertiary/aromatic N) is 2. The van der Waals surface area contributed by atoms with E-state index >= 15 is 0 Å². The van der Waals surface area contributed by atoms with Crippen LogP contribution in [0.15, 0.2) is 51.8 Å². The Morgan fingerprint density at radius 3 is 2.57 bits per heavy atom. The highest BCUT2D eigenvalue weighted by Gasteiger charge is 2.30. The van der Waals surface area contributed by atoms with Gasteiger partial charge in [0.1, 0.15) is 10.6 Å². The minimum absolute atomic E-state index is 0.149. The number of aliphatic hydroxyl groups excluding tert-OH is 1. The molecule has 2 aromatic carbocycles. The summed E-state index contributed by atoms with van der Waals surface area (Å²) >= 11 is 5.91. The quantitative estimate of drug-likeness (QED) is 0.628. The summed E-state index contributed by atoms with van der Waals surface area (Å²) in [5, 5.41) is 9.46. The maximum atomic E-state index is 12.5. The molecule has 1 aliphatic heterocycles. The lowest BCUT2D eigenvalue weighted by atomic mass is 10.0. The van der Waals surface area contributed by atoms with Gasteiger partial charge in [0.25, 0.3) is 10.0 Å². The van der Waals surface area contributed by atoms with Crippen LogP contribution in [-0.2, 0) is 10.0 Å². The lowest BCUT2D eigenvalue weighted by Gasteiger charge is -2.14. The first-order chi connectivity index (χ1) is 13.4. The van der Waals surface area contributed by atoms with Gasteiger partial charge in [0.2, 0.25) is 0 Å². The molecule has 0 spiro atoms. The summed E-state index contributed by atoms with van der Waals surface area (Å²) < 4.78 is 34.6. The number of unbranched alkanes of at least 4 members (excludes halogenated alkanes) is 1. The van der Waals surface area contributed by atoms with Crippen molar-refractivity contribution in [3.8, 4) is 5.75 Å². The molecule has 6 nitrogen and oxygen atoms in total. The Kier molecular flexibility index (Phi) is 6.72. The first-order valence-electron chi connectivity index (χ1n) is 9.08. The second-order valence-corrected chi connectivity index (χ2v) is 8.67. The van der Waals surface area contributed by atoms with Crippen molar-refractivity contribution < 1.29 is 18.3 Å². The van der Waals surface area contributed by atoms with Gasteiger partial charge in [-0.2, -0.15) is 12.8 Å². The van der Waals surface area contributed by atoms with Crippen LogP contribution in [0.3, 0.4) is 0 Å². The van der Waals surface area contributed by atoms with Gasteiger partial charge < -0.3 is 14.7 Å². The average molecular weight is 423 g/mol. The fourth-order valence-corrected chi connectivity index (χ4v) is 4.37. The number of sulfonamides is 1. The first-order valence-corrected chi connectivity index (χ1v) is 10.9. The van der Waals surface area contributed by atoms with Crippen LogP contribution < -0.4 is 4.74 Å². The summed E-state index contributed by atoms with van der Waals surface area (Å²) in [4.78, 5) is 2.22. The highest BCUT2D eigenvalue weighted by molar-refractivity contribution is 7.90. The fourth-order valence-electron chi connectivity index (χ4n) is 2.99. The topological polar surface area (TPSA) is 79.2 Å². The van der Waals surface area contributed by atoms with Crippen molar-refractivity contribution in [2.75, 3.05) is 33.4 Å². The summed E-state index contributed by atoms with van der Waals surface area (Å²) in [5.41, 5.74) is 1.69. The summed E-state index contributed by atoms with van der Waals surface area (Å²) in [6.07, 6.45) is 1.77. The highest BCUT2D eigenvalue weighted by atomic mass is 35.5. The van der Waals surface area contributed by atoms with Crippen molar-refractivity contribution in [2.45, 2.75) is 17.7 Å². The zero-order valence-corrected chi connectivity index (χ0v) is 17.2. The number of hydrogen-bond acceptors (Lipinski definition) is 5. The monoisotopic (exact) mass is 422 g/mol. The maximum Gasteiger partial charge on any atom is 0.283 e. The molecule has 0 fully saturated rings. The smallest absolute Gasteiger partial charge is 0.283 e. The third-order valence-corrected chi connectivity index (χ3v) is 6.07. The molecule has 0 amide bonds. The Hall–Kier alpha value is -1.93. The molecule has 0 aromatic heterocycles. The molecule has 0 atom stereocenters. The predicted molar refractivity (Wildman–Crippen MR) is 110 cm³/mol. The number of benzene rings is 2. The van der Waals surface area contributed by atoms with Gasteiger partial charge in [-0.05, 0) is 50.7 Å². The van der Waals surface area contributed by atoms with Crippen LogP contribution in [0.2, 0.25) is 5.02 Å². The normalized spacial score (nSPS) is 14.8. The molecule has 0 unspecified atom stereocenters. The van der Waals surface area contributed by atoms with Gasteiger partial charge in [0, 0.05) is 28.8 Å². The highest BCUT2D eigenvalue weighted by Crippen LogP contribution is 2.32. The molecule has 28 heavy (non-hydrogen) atoms. The van der Waals surface area contributed by atoms with Gasteiger partial charge in [-0.1, -0.05) is 23.7 Å². The van der Waals surface area contributed by atoms with E-state index in [-0.39, 0.29) is 11.5 Å². The number of ether oxygens (including phenoxy) is 1. The zero-order chi connectivity index (χ0) is 20.1. The van der Waals surface area contributed by atoms with E-state index < -0.39 is 10.0 Å². The minimum Gasteiger partial charge on any atom is -0.494 e. The van der Waals surface area contributed by atoms with Crippen LogP contribution in [0.5, 0.6) is 5.75 Å². The largest absolute Gasteiger partial charge is 0.494 e. The van der Waals surface area contributed by atoms with Gasteiger partial charge in [-0.25, -0.2) is 0 Å². The van der Waals surface area contributed by atoms with E-state index in [1.807, 2.05) is 7.05 Å². The molecule has 3 rings (SSSR count). The molecule has 8 heteroatoms. The molecule has 1 N–H and O–H groups in total. The molecule has 0 saturated carbocycles. The maximum absolute atomic E-state index is 12.5. The molecule has 0 bridgehead atoms. The van der Waals surface area contributed by atoms with Crippen LogP contribution in [0.1, 0.15) is 24.0 Å². The number of hydrogen-bond donors (Lipinski definition) is 1. The third kappa shape index (κ3) is 4.91. The second-order valence-electron chi connectivity index (χ2n) is 6.66. The van der Waals surface area contributed by atoms with E-state index in [2.05, 4.69) is 9.30 Å². The minimum atomic E-state index is -3.74. The lowest BCUT2D eigenvalue weighted by Crippen LogP contribution is -2.23. The van der Waals surface area contributed by atoms with Crippen LogP contribution in [0.25, 0.3) is 0 Å². The first kappa shape index (κ1) is 20.8. The molecule has 150 valence electrons. The van der Waals surface area contributed by atoms with Crippen molar-refractivity contribution >= 4 is 27.3 Å². The van der Waals surface area contributed by atoms with Gasteiger partial charge in [-0.15, -0.1) is 0 Å². The van der Waals surface area contributed by atoms with Crippen LogP contribution in [0.4, 0.5) is 0 Å². The number of halogens is 1. The van der Waals surface area contributed by atoms with Crippen molar-refractivity contribution in [2.24, 2.45) is 4.40 Å². The van der Waals surface area contributed by atoms with Crippen LogP contribution in [0, 0.1) is 0 Å². The molecule has 1 heterocycles. The molecular formula is C20H23ClN2O4S. The Morgan fingerprint density at radius 1 is 1.11 bits per heavy atom. The van der Waals surface area contributed by atoms with E-state index in [1.165, 1.54) is 6.07 Å². The standard InChI is InChI=1S/C20H23ClN2O4S/c1-23(11-12-24)10-2-3-13-27-17-8-9-18-19(14-17)28(25,26)22-20(18)15-4-6-16(21)7-5-15/h4-9,14,24H,2-3,10-13H2,1H3. The second kappa shape index (κ2) is 9.05. The van der Waals surface area contributed by atoms with Crippen LogP contribution >= 0.6 is 11.6 Å². The average Bonchev–Trinajstić information content (AvgIpc) is 2.93. The third-order valence-electron chi connectivity index (χ3n) is 4.50. The van der Waals surface area contributed by atoms with Gasteiger partial charge in [-0.3, -0.25) is 0 Å². The number of rotatable bonds is 9. The Labute approximate surface area is 170 Å². The van der Waals surface area contributed by atoms with Crippen molar-refractivity contribution in [3.63, 3.8) is 0 Å². The molecular weight excluding hydrogens is 400 g/mol. The van der Waals surface area contributed by atoms with Crippen molar-refractivity contribution in [1.82, 2.24) is 4.90 Å². The molecule has 0 saturated heterocycles. The lowest BCUT2D eigenvalue weighted by molar-refractivity contribution is 0.214.